The van der Waals surface area contributed by atoms with Crippen molar-refractivity contribution in [1.29, 1.82) is 0 Å². The van der Waals surface area contributed by atoms with Crippen molar-refractivity contribution in [2.45, 2.75) is 18.8 Å². The quantitative estimate of drug-likeness (QED) is 0.697. The topological polar surface area (TPSA) is 69.4 Å². The van der Waals surface area contributed by atoms with Gasteiger partial charge in [0, 0.05) is 18.3 Å². The highest BCUT2D eigenvalue weighted by Gasteiger charge is 2.29. The van der Waals surface area contributed by atoms with Gasteiger partial charge >= 0.3 is 5.97 Å². The molecule has 2 heterocycles. The van der Waals surface area contributed by atoms with Gasteiger partial charge in [0.2, 0.25) is 0 Å². The van der Waals surface area contributed by atoms with E-state index in [0.29, 0.717) is 17.3 Å². The lowest BCUT2D eigenvalue weighted by Gasteiger charge is -2.00. The summed E-state index contributed by atoms with van der Waals surface area (Å²) in [7, 11) is 1.35. The third kappa shape index (κ3) is 1.34. The van der Waals surface area contributed by atoms with Crippen LogP contribution >= 0.6 is 0 Å². The fourth-order valence-electron chi connectivity index (χ4n) is 1.65. The highest BCUT2D eigenvalue weighted by molar-refractivity contribution is 5.88. The molecule has 1 fully saturated rings. The van der Waals surface area contributed by atoms with Crippen molar-refractivity contribution in [3.05, 3.63) is 23.8 Å². The zero-order valence-corrected chi connectivity index (χ0v) is 8.75. The zero-order valence-electron chi connectivity index (χ0n) is 8.75. The van der Waals surface area contributed by atoms with Gasteiger partial charge in [0.05, 0.1) is 12.7 Å². The van der Waals surface area contributed by atoms with Crippen molar-refractivity contribution in [1.82, 2.24) is 19.6 Å². The molecular formula is C10H10N4O2. The Balaban J connectivity index is 2.13. The van der Waals surface area contributed by atoms with Crippen LogP contribution < -0.4 is 0 Å². The van der Waals surface area contributed by atoms with Crippen LogP contribution in [-0.4, -0.2) is 32.7 Å². The molecule has 6 nitrogen and oxygen atoms in total. The van der Waals surface area contributed by atoms with Crippen molar-refractivity contribution in [2.75, 3.05) is 7.11 Å². The van der Waals surface area contributed by atoms with Crippen molar-refractivity contribution < 1.29 is 9.53 Å². The molecule has 0 bridgehead atoms. The number of fused-ring (bicyclic) bond motifs is 1. The number of carbonyl (C=O) groups excluding carboxylic acids is 1. The van der Waals surface area contributed by atoms with E-state index in [9.17, 15) is 4.79 Å². The summed E-state index contributed by atoms with van der Waals surface area (Å²) in [5.41, 5.74) is 0.414. The van der Waals surface area contributed by atoms with Crippen LogP contribution in [0.1, 0.15) is 34.9 Å². The summed E-state index contributed by atoms with van der Waals surface area (Å²) in [5, 5.41) is 8.04. The SMILES string of the molecule is COC(=O)c1cnc2nnc(C3CC3)n2c1. The molecule has 2 aromatic rings. The van der Waals surface area contributed by atoms with Gasteiger partial charge in [-0.05, 0) is 12.8 Å². The molecule has 0 amide bonds. The summed E-state index contributed by atoms with van der Waals surface area (Å²) in [5.74, 6) is 1.47. The lowest BCUT2D eigenvalue weighted by Crippen LogP contribution is -2.05. The molecule has 16 heavy (non-hydrogen) atoms. The maximum Gasteiger partial charge on any atom is 0.340 e. The van der Waals surface area contributed by atoms with Crippen LogP contribution in [0.2, 0.25) is 0 Å². The number of nitrogens with zero attached hydrogens (tertiary/aromatic N) is 4. The van der Waals surface area contributed by atoms with Crippen LogP contribution in [0, 0.1) is 0 Å². The Hall–Kier alpha value is -1.98. The van der Waals surface area contributed by atoms with E-state index in [0.717, 1.165) is 18.7 Å². The van der Waals surface area contributed by atoms with E-state index < -0.39 is 5.97 Å². The minimum atomic E-state index is -0.398. The lowest BCUT2D eigenvalue weighted by atomic mass is 10.3. The average Bonchev–Trinajstić information content (AvgIpc) is 3.08. The number of hydrogen-bond acceptors (Lipinski definition) is 5. The summed E-state index contributed by atoms with van der Waals surface area (Å²) in [4.78, 5) is 15.4. The molecule has 0 N–H and O–H groups in total. The first kappa shape index (κ1) is 9.26. The normalized spacial score (nSPS) is 15.3. The number of ether oxygens (including phenoxy) is 1. The van der Waals surface area contributed by atoms with E-state index in [2.05, 4.69) is 19.9 Å². The molecular weight excluding hydrogens is 208 g/mol. The van der Waals surface area contributed by atoms with Crippen molar-refractivity contribution in [2.24, 2.45) is 0 Å². The average molecular weight is 218 g/mol. The number of esters is 1. The summed E-state index contributed by atoms with van der Waals surface area (Å²) in [6, 6.07) is 0. The second-order valence-corrected chi connectivity index (χ2v) is 3.84. The van der Waals surface area contributed by atoms with E-state index in [-0.39, 0.29) is 0 Å². The maximum atomic E-state index is 11.4. The van der Waals surface area contributed by atoms with Crippen LogP contribution in [0.25, 0.3) is 5.78 Å². The molecule has 2 aromatic heterocycles. The van der Waals surface area contributed by atoms with Gasteiger partial charge < -0.3 is 4.74 Å². The summed E-state index contributed by atoms with van der Waals surface area (Å²) in [6.07, 6.45) is 5.39. The minimum absolute atomic E-state index is 0.398. The van der Waals surface area contributed by atoms with Gasteiger partial charge in [-0.3, -0.25) is 4.40 Å². The molecule has 0 saturated heterocycles. The monoisotopic (exact) mass is 218 g/mol. The number of methoxy groups -OCH3 is 1. The fraction of sp³-hybridized carbons (Fsp3) is 0.400. The first-order chi connectivity index (χ1) is 7.79. The molecule has 6 heteroatoms. The van der Waals surface area contributed by atoms with E-state index in [4.69, 9.17) is 0 Å². The third-order valence-corrected chi connectivity index (χ3v) is 2.66. The molecule has 1 aliphatic rings. The number of hydrogen-bond donors (Lipinski definition) is 0. The summed E-state index contributed by atoms with van der Waals surface area (Å²) >= 11 is 0. The zero-order chi connectivity index (χ0) is 11.1. The van der Waals surface area contributed by atoms with Gasteiger partial charge in [-0.25, -0.2) is 9.78 Å². The van der Waals surface area contributed by atoms with Crippen molar-refractivity contribution >= 4 is 11.7 Å². The highest BCUT2D eigenvalue weighted by Crippen LogP contribution is 2.38. The molecule has 0 aromatic carbocycles. The largest absolute Gasteiger partial charge is 0.465 e. The Morgan fingerprint density at radius 3 is 3.00 bits per heavy atom. The van der Waals surface area contributed by atoms with Crippen molar-refractivity contribution in [3.63, 3.8) is 0 Å². The van der Waals surface area contributed by atoms with Crippen LogP contribution in [-0.2, 0) is 4.74 Å². The van der Waals surface area contributed by atoms with E-state index in [1.165, 1.54) is 13.3 Å². The predicted octanol–water partition coefficient (Wildman–Crippen LogP) is 0.788. The molecule has 0 atom stereocenters. The predicted molar refractivity (Wildman–Crippen MR) is 54.1 cm³/mol. The molecule has 0 unspecified atom stereocenters. The van der Waals surface area contributed by atoms with Gasteiger partial charge in [-0.15, -0.1) is 10.2 Å². The standard InChI is InChI=1S/C10H10N4O2/c1-16-9(15)7-4-11-10-13-12-8(6-2-3-6)14(10)5-7/h4-6H,2-3H2,1H3. The Morgan fingerprint density at radius 2 is 2.31 bits per heavy atom. The smallest absolute Gasteiger partial charge is 0.340 e. The van der Waals surface area contributed by atoms with Gasteiger partial charge in [0.15, 0.2) is 0 Å². The minimum Gasteiger partial charge on any atom is -0.465 e. The van der Waals surface area contributed by atoms with Gasteiger partial charge in [0.1, 0.15) is 5.82 Å². The summed E-state index contributed by atoms with van der Waals surface area (Å²) < 4.78 is 6.41. The van der Waals surface area contributed by atoms with E-state index in [1.54, 1.807) is 10.6 Å². The maximum absolute atomic E-state index is 11.4. The Bertz CT molecular complexity index is 559. The summed E-state index contributed by atoms with van der Waals surface area (Å²) in [6.45, 7) is 0. The second-order valence-electron chi connectivity index (χ2n) is 3.84. The number of carbonyl (C=O) groups is 1. The molecule has 0 aliphatic heterocycles. The van der Waals surface area contributed by atoms with Crippen LogP contribution in [0.5, 0.6) is 0 Å². The second kappa shape index (κ2) is 3.26. The van der Waals surface area contributed by atoms with Crippen molar-refractivity contribution in [3.8, 4) is 0 Å². The Kier molecular flexibility index (Phi) is 1.89. The molecule has 0 spiro atoms. The number of aromatic nitrogens is 4. The molecule has 3 rings (SSSR count). The van der Waals surface area contributed by atoms with Crippen LogP contribution in [0.3, 0.4) is 0 Å². The van der Waals surface area contributed by atoms with Gasteiger partial charge in [0.25, 0.3) is 5.78 Å². The highest BCUT2D eigenvalue weighted by atomic mass is 16.5. The Morgan fingerprint density at radius 1 is 1.50 bits per heavy atom. The Labute approximate surface area is 91.3 Å². The molecule has 1 saturated carbocycles. The molecule has 82 valence electrons. The first-order valence-corrected chi connectivity index (χ1v) is 5.08. The van der Waals surface area contributed by atoms with Crippen LogP contribution in [0.15, 0.2) is 12.4 Å². The van der Waals surface area contributed by atoms with Gasteiger partial charge in [-0.1, -0.05) is 0 Å². The lowest BCUT2D eigenvalue weighted by molar-refractivity contribution is 0.0599. The number of rotatable bonds is 2. The van der Waals surface area contributed by atoms with Crippen LogP contribution in [0.4, 0.5) is 0 Å². The van der Waals surface area contributed by atoms with E-state index in [1.807, 2.05) is 0 Å². The first-order valence-electron chi connectivity index (χ1n) is 5.08. The van der Waals surface area contributed by atoms with E-state index >= 15 is 0 Å². The fourth-order valence-corrected chi connectivity index (χ4v) is 1.65. The molecule has 0 radical (unpaired) electrons. The van der Waals surface area contributed by atoms with Gasteiger partial charge in [-0.2, -0.15) is 0 Å². The third-order valence-electron chi connectivity index (χ3n) is 2.66. The molecule has 1 aliphatic carbocycles.